The summed E-state index contributed by atoms with van der Waals surface area (Å²) in [6.07, 6.45) is 0. The second kappa shape index (κ2) is 7.64. The van der Waals surface area contributed by atoms with Gasteiger partial charge in [0.15, 0.2) is 0 Å². The van der Waals surface area contributed by atoms with Gasteiger partial charge in [-0.05, 0) is 59.7 Å². The monoisotopic (exact) mass is 476 g/mol. The first-order valence-electron chi connectivity index (χ1n) is 11.0. The van der Waals surface area contributed by atoms with Crippen molar-refractivity contribution in [2.45, 2.75) is 0 Å². The molecule has 2 aliphatic heterocycles. The Balaban J connectivity index is 1.38. The Morgan fingerprint density at radius 1 is 0.444 bits per heavy atom. The number of fused-ring (bicyclic) bond motifs is 2. The Labute approximate surface area is 204 Å². The molecule has 0 unspecified atom stereocenters. The molecule has 0 atom stereocenters. The second-order valence-corrected chi connectivity index (χ2v) is 8.39. The van der Waals surface area contributed by atoms with Crippen LogP contribution in [0.4, 0.5) is 11.4 Å². The van der Waals surface area contributed by atoms with E-state index in [9.17, 15) is 29.4 Å². The van der Waals surface area contributed by atoms with Gasteiger partial charge in [0.1, 0.15) is 11.5 Å². The van der Waals surface area contributed by atoms with E-state index in [1.165, 1.54) is 36.4 Å². The average molecular weight is 476 g/mol. The molecular formula is C28H16N2O6. The number of benzene rings is 4. The van der Waals surface area contributed by atoms with Gasteiger partial charge in [-0.3, -0.25) is 19.2 Å². The molecule has 2 heterocycles. The summed E-state index contributed by atoms with van der Waals surface area (Å²) in [5.41, 5.74) is 2.05. The largest absolute Gasteiger partial charge is 0.506 e. The van der Waals surface area contributed by atoms with Gasteiger partial charge in [-0.15, -0.1) is 0 Å². The third-order valence-corrected chi connectivity index (χ3v) is 6.35. The fraction of sp³-hybridized carbons (Fsp3) is 0. The van der Waals surface area contributed by atoms with E-state index in [1.807, 2.05) is 0 Å². The number of para-hydroxylation sites is 4. The van der Waals surface area contributed by atoms with Crippen molar-refractivity contribution in [1.29, 1.82) is 0 Å². The van der Waals surface area contributed by atoms with E-state index in [2.05, 4.69) is 0 Å². The highest BCUT2D eigenvalue weighted by atomic mass is 16.3. The second-order valence-electron chi connectivity index (χ2n) is 8.39. The van der Waals surface area contributed by atoms with Crippen LogP contribution >= 0.6 is 0 Å². The number of hydrogen-bond acceptors (Lipinski definition) is 6. The Kier molecular flexibility index (Phi) is 4.52. The third-order valence-electron chi connectivity index (χ3n) is 6.35. The summed E-state index contributed by atoms with van der Waals surface area (Å²) in [6.45, 7) is 0. The molecule has 0 aromatic heterocycles. The van der Waals surface area contributed by atoms with Crippen LogP contribution in [0, 0.1) is 0 Å². The Bertz CT molecular complexity index is 1530. The van der Waals surface area contributed by atoms with E-state index in [0.29, 0.717) is 11.1 Å². The Morgan fingerprint density at radius 2 is 0.806 bits per heavy atom. The molecule has 4 amide bonds. The van der Waals surface area contributed by atoms with E-state index in [1.54, 1.807) is 48.5 Å². The number of amides is 4. The number of carbonyl (C=O) groups is 4. The minimum atomic E-state index is -0.573. The lowest BCUT2D eigenvalue weighted by Crippen LogP contribution is -2.29. The maximum atomic E-state index is 13.1. The van der Waals surface area contributed by atoms with Crippen LogP contribution in [0.1, 0.15) is 41.4 Å². The zero-order valence-electron chi connectivity index (χ0n) is 18.5. The van der Waals surface area contributed by atoms with Crippen molar-refractivity contribution >= 4 is 35.0 Å². The molecule has 0 saturated carbocycles. The number of aromatic hydroxyl groups is 2. The molecule has 2 N–H and O–H groups in total. The SMILES string of the molecule is O=C1c2ccc(-c3ccc4c(c3)C(=O)N(c3ccccc3O)C4=O)cc2C(=O)N1c1ccccc1O. The summed E-state index contributed by atoms with van der Waals surface area (Å²) in [7, 11) is 0. The molecule has 0 aliphatic carbocycles. The zero-order chi connectivity index (χ0) is 25.1. The first-order chi connectivity index (χ1) is 17.4. The van der Waals surface area contributed by atoms with Gasteiger partial charge in [0, 0.05) is 0 Å². The van der Waals surface area contributed by atoms with Gasteiger partial charge in [0.25, 0.3) is 23.6 Å². The van der Waals surface area contributed by atoms with Crippen molar-refractivity contribution in [2.24, 2.45) is 0 Å². The molecule has 36 heavy (non-hydrogen) atoms. The van der Waals surface area contributed by atoms with Crippen molar-refractivity contribution in [3.63, 3.8) is 0 Å². The van der Waals surface area contributed by atoms with Crippen LogP contribution in [0.5, 0.6) is 11.5 Å². The van der Waals surface area contributed by atoms with E-state index in [0.717, 1.165) is 9.80 Å². The number of carbonyl (C=O) groups excluding carboxylic acids is 4. The smallest absolute Gasteiger partial charge is 0.266 e. The molecule has 8 heteroatoms. The summed E-state index contributed by atoms with van der Waals surface area (Å²) >= 11 is 0. The van der Waals surface area contributed by atoms with Gasteiger partial charge in [-0.25, -0.2) is 9.80 Å². The highest BCUT2D eigenvalue weighted by Gasteiger charge is 2.39. The number of phenols is 2. The van der Waals surface area contributed by atoms with Crippen molar-refractivity contribution in [2.75, 3.05) is 9.80 Å². The van der Waals surface area contributed by atoms with Crippen LogP contribution in [0.2, 0.25) is 0 Å². The number of hydrogen-bond donors (Lipinski definition) is 2. The molecule has 4 aromatic rings. The molecule has 174 valence electrons. The number of rotatable bonds is 3. The fourth-order valence-corrected chi connectivity index (χ4v) is 4.58. The molecular weight excluding hydrogens is 460 g/mol. The van der Waals surface area contributed by atoms with Crippen molar-refractivity contribution < 1.29 is 29.4 Å². The normalized spacial score (nSPS) is 14.4. The number of imide groups is 2. The third kappa shape index (κ3) is 2.94. The highest BCUT2D eigenvalue weighted by molar-refractivity contribution is 6.36. The summed E-state index contributed by atoms with van der Waals surface area (Å²) in [6, 6.07) is 21.6. The maximum absolute atomic E-state index is 13.1. The topological polar surface area (TPSA) is 115 Å². The van der Waals surface area contributed by atoms with Crippen molar-refractivity contribution in [3.8, 4) is 22.6 Å². The zero-order valence-corrected chi connectivity index (χ0v) is 18.5. The quantitative estimate of drug-likeness (QED) is 0.425. The summed E-state index contributed by atoms with van der Waals surface area (Å²) in [4.78, 5) is 54.0. The first-order valence-corrected chi connectivity index (χ1v) is 11.0. The van der Waals surface area contributed by atoms with E-state index < -0.39 is 23.6 Å². The van der Waals surface area contributed by atoms with Crippen LogP contribution in [-0.2, 0) is 0 Å². The van der Waals surface area contributed by atoms with Crippen molar-refractivity contribution in [1.82, 2.24) is 0 Å². The maximum Gasteiger partial charge on any atom is 0.266 e. The number of phenolic OH excluding ortho intramolecular Hbond substituents is 2. The van der Waals surface area contributed by atoms with Gasteiger partial charge < -0.3 is 10.2 Å². The molecule has 4 aromatic carbocycles. The van der Waals surface area contributed by atoms with Gasteiger partial charge in [-0.1, -0.05) is 36.4 Å². The lowest BCUT2D eigenvalue weighted by molar-refractivity contribution is 0.0909. The van der Waals surface area contributed by atoms with Crippen molar-refractivity contribution in [3.05, 3.63) is 107 Å². The van der Waals surface area contributed by atoms with Crippen LogP contribution in [0.3, 0.4) is 0 Å². The average Bonchev–Trinajstić information content (AvgIpc) is 3.28. The summed E-state index contributed by atoms with van der Waals surface area (Å²) < 4.78 is 0. The van der Waals surface area contributed by atoms with Gasteiger partial charge in [0.2, 0.25) is 0 Å². The molecule has 0 bridgehead atoms. The van der Waals surface area contributed by atoms with E-state index in [-0.39, 0.29) is 45.1 Å². The first kappa shape index (κ1) is 21.3. The van der Waals surface area contributed by atoms with Crippen LogP contribution in [-0.4, -0.2) is 33.8 Å². The van der Waals surface area contributed by atoms with Crippen LogP contribution < -0.4 is 9.80 Å². The molecule has 8 nitrogen and oxygen atoms in total. The Morgan fingerprint density at radius 3 is 1.19 bits per heavy atom. The van der Waals surface area contributed by atoms with Crippen LogP contribution in [0.25, 0.3) is 11.1 Å². The lowest BCUT2D eigenvalue weighted by Gasteiger charge is -2.14. The van der Waals surface area contributed by atoms with E-state index >= 15 is 0 Å². The summed E-state index contributed by atoms with van der Waals surface area (Å²) in [5, 5.41) is 20.3. The standard InChI is InChI=1S/C28H16N2O6/c31-23-7-3-1-5-21(23)29-25(33)17-11-9-15(13-19(17)27(29)35)16-10-12-18-20(14-16)28(36)30(26(18)34)22-6-2-4-8-24(22)32/h1-14,31-32H. The predicted molar refractivity (Wildman–Crippen MR) is 130 cm³/mol. The minimum Gasteiger partial charge on any atom is -0.506 e. The summed E-state index contributed by atoms with van der Waals surface area (Å²) in [5.74, 6) is -2.62. The molecule has 0 spiro atoms. The molecule has 0 fully saturated rings. The molecule has 2 aliphatic rings. The van der Waals surface area contributed by atoms with Gasteiger partial charge in [-0.2, -0.15) is 0 Å². The Hall–Kier alpha value is -5.24. The molecule has 0 saturated heterocycles. The number of nitrogens with zero attached hydrogens (tertiary/aromatic N) is 2. The van der Waals surface area contributed by atoms with Crippen LogP contribution in [0.15, 0.2) is 84.9 Å². The highest BCUT2D eigenvalue weighted by Crippen LogP contribution is 2.38. The van der Waals surface area contributed by atoms with Gasteiger partial charge >= 0.3 is 0 Å². The lowest BCUT2D eigenvalue weighted by atomic mass is 9.97. The fourth-order valence-electron chi connectivity index (χ4n) is 4.58. The van der Waals surface area contributed by atoms with Gasteiger partial charge in [0.05, 0.1) is 33.6 Å². The van der Waals surface area contributed by atoms with E-state index in [4.69, 9.17) is 0 Å². The molecule has 0 radical (unpaired) electrons. The minimum absolute atomic E-state index is 0.0937. The predicted octanol–water partition coefficient (Wildman–Crippen LogP) is 4.37. The number of anilines is 2. The molecule has 6 rings (SSSR count).